The molecule has 0 amide bonds. The molecule has 1 aromatic heterocycles. The van der Waals surface area contributed by atoms with Gasteiger partial charge in [0.2, 0.25) is 0 Å². The van der Waals surface area contributed by atoms with Gasteiger partial charge < -0.3 is 0 Å². The average molecular weight is 246 g/mol. The van der Waals surface area contributed by atoms with Gasteiger partial charge >= 0.3 is 0 Å². The molecule has 4 heteroatoms. The monoisotopic (exact) mass is 245 g/mol. The van der Waals surface area contributed by atoms with E-state index in [1.165, 1.54) is 24.2 Å². The SMILES string of the molecule is O=C(CC1CC1)c1ncsc1Br. The van der Waals surface area contributed by atoms with Gasteiger partial charge in [-0.3, -0.25) is 4.79 Å². The van der Waals surface area contributed by atoms with Crippen LogP contribution in [0, 0.1) is 5.92 Å². The summed E-state index contributed by atoms with van der Waals surface area (Å²) in [5, 5.41) is 0. The zero-order valence-corrected chi connectivity index (χ0v) is 8.82. The summed E-state index contributed by atoms with van der Waals surface area (Å²) in [4.78, 5) is 15.5. The highest BCUT2D eigenvalue weighted by Crippen LogP contribution is 2.34. The molecule has 12 heavy (non-hydrogen) atoms. The minimum absolute atomic E-state index is 0.186. The van der Waals surface area contributed by atoms with Crippen LogP contribution >= 0.6 is 27.3 Å². The summed E-state index contributed by atoms with van der Waals surface area (Å²) >= 11 is 4.78. The lowest BCUT2D eigenvalue weighted by atomic mass is 10.2. The Bertz CT molecular complexity index is 306. The highest BCUT2D eigenvalue weighted by Gasteiger charge is 2.26. The Morgan fingerprint density at radius 2 is 2.50 bits per heavy atom. The number of hydrogen-bond donors (Lipinski definition) is 0. The maximum absolute atomic E-state index is 11.5. The van der Waals surface area contributed by atoms with Gasteiger partial charge in [-0.25, -0.2) is 4.98 Å². The molecule has 0 aromatic carbocycles. The van der Waals surface area contributed by atoms with Gasteiger partial charge in [-0.2, -0.15) is 0 Å². The standard InChI is InChI=1S/C8H8BrNOS/c9-8-7(10-4-12-8)6(11)3-5-1-2-5/h4-5H,1-3H2. The molecule has 1 saturated carbocycles. The molecule has 1 fully saturated rings. The highest BCUT2D eigenvalue weighted by molar-refractivity contribution is 9.11. The van der Waals surface area contributed by atoms with E-state index < -0.39 is 0 Å². The van der Waals surface area contributed by atoms with Crippen LogP contribution in [0.25, 0.3) is 0 Å². The highest BCUT2D eigenvalue weighted by atomic mass is 79.9. The van der Waals surface area contributed by atoms with Gasteiger partial charge in [-0.05, 0) is 34.7 Å². The van der Waals surface area contributed by atoms with Crippen LogP contribution in [0.3, 0.4) is 0 Å². The molecular weight excluding hydrogens is 238 g/mol. The Labute approximate surface area is 83.1 Å². The molecule has 0 saturated heterocycles. The van der Waals surface area contributed by atoms with E-state index in [0.717, 1.165) is 3.79 Å². The Kier molecular flexibility index (Phi) is 2.28. The number of carbonyl (C=O) groups excluding carboxylic acids is 1. The maximum atomic E-state index is 11.5. The predicted molar refractivity (Wildman–Crippen MR) is 51.5 cm³/mol. The lowest BCUT2D eigenvalue weighted by Crippen LogP contribution is -2.00. The van der Waals surface area contributed by atoms with E-state index in [0.29, 0.717) is 18.0 Å². The Balaban J connectivity index is 2.07. The van der Waals surface area contributed by atoms with Gasteiger partial charge in [0.1, 0.15) is 9.48 Å². The number of aromatic nitrogens is 1. The van der Waals surface area contributed by atoms with Crippen molar-refractivity contribution >= 4 is 33.0 Å². The zero-order chi connectivity index (χ0) is 8.55. The second-order valence-corrected chi connectivity index (χ2v) is 5.22. The van der Waals surface area contributed by atoms with E-state index in [1.807, 2.05) is 0 Å². The van der Waals surface area contributed by atoms with Crippen LogP contribution < -0.4 is 0 Å². The fourth-order valence-corrected chi connectivity index (χ4v) is 2.20. The largest absolute Gasteiger partial charge is 0.292 e. The van der Waals surface area contributed by atoms with Gasteiger partial charge in [0, 0.05) is 6.42 Å². The molecule has 0 radical (unpaired) electrons. The summed E-state index contributed by atoms with van der Waals surface area (Å²) in [6.07, 6.45) is 3.11. The molecule has 0 spiro atoms. The minimum atomic E-state index is 0.186. The second kappa shape index (κ2) is 3.26. The first-order chi connectivity index (χ1) is 5.77. The van der Waals surface area contributed by atoms with Crippen molar-refractivity contribution in [1.82, 2.24) is 4.98 Å². The minimum Gasteiger partial charge on any atom is -0.292 e. The molecule has 1 aromatic rings. The van der Waals surface area contributed by atoms with Crippen LogP contribution in [-0.4, -0.2) is 10.8 Å². The van der Waals surface area contributed by atoms with Crippen LogP contribution in [0.15, 0.2) is 9.30 Å². The van der Waals surface area contributed by atoms with Gasteiger partial charge in [-0.1, -0.05) is 0 Å². The molecule has 0 atom stereocenters. The first-order valence-corrected chi connectivity index (χ1v) is 5.57. The molecule has 0 N–H and O–H groups in total. The average Bonchev–Trinajstić information content (AvgIpc) is 2.72. The quantitative estimate of drug-likeness (QED) is 0.767. The van der Waals surface area contributed by atoms with E-state index in [4.69, 9.17) is 0 Å². The fraction of sp³-hybridized carbons (Fsp3) is 0.500. The van der Waals surface area contributed by atoms with Crippen molar-refractivity contribution in [3.63, 3.8) is 0 Å². The third kappa shape index (κ3) is 1.75. The summed E-state index contributed by atoms with van der Waals surface area (Å²) in [6, 6.07) is 0. The molecule has 1 aliphatic rings. The number of nitrogens with zero attached hydrogens (tertiary/aromatic N) is 1. The van der Waals surface area contributed by atoms with Crippen molar-refractivity contribution < 1.29 is 4.79 Å². The number of carbonyl (C=O) groups is 1. The Morgan fingerprint density at radius 3 is 3.00 bits per heavy atom. The molecule has 1 heterocycles. The van der Waals surface area contributed by atoms with Crippen LogP contribution in [0.4, 0.5) is 0 Å². The number of rotatable bonds is 3. The number of thiazole rings is 1. The van der Waals surface area contributed by atoms with Gasteiger partial charge in [0.15, 0.2) is 5.78 Å². The first kappa shape index (κ1) is 8.38. The van der Waals surface area contributed by atoms with Crippen molar-refractivity contribution in [2.45, 2.75) is 19.3 Å². The molecule has 0 unspecified atom stereocenters. The van der Waals surface area contributed by atoms with Crippen molar-refractivity contribution in [3.8, 4) is 0 Å². The molecule has 0 bridgehead atoms. The smallest absolute Gasteiger partial charge is 0.183 e. The predicted octanol–water partition coefficient (Wildman–Crippen LogP) is 2.89. The van der Waals surface area contributed by atoms with E-state index in [9.17, 15) is 4.79 Å². The third-order valence-electron chi connectivity index (χ3n) is 1.96. The van der Waals surface area contributed by atoms with Crippen LogP contribution in [-0.2, 0) is 0 Å². The lowest BCUT2D eigenvalue weighted by molar-refractivity contribution is 0.0971. The molecule has 2 rings (SSSR count). The summed E-state index contributed by atoms with van der Waals surface area (Å²) < 4.78 is 0.869. The van der Waals surface area contributed by atoms with Crippen LogP contribution in [0.1, 0.15) is 29.8 Å². The molecule has 64 valence electrons. The third-order valence-corrected chi connectivity index (χ3v) is 3.51. The van der Waals surface area contributed by atoms with Crippen LogP contribution in [0.2, 0.25) is 0 Å². The van der Waals surface area contributed by atoms with Gasteiger partial charge in [0.05, 0.1) is 5.51 Å². The summed E-state index contributed by atoms with van der Waals surface area (Å²) in [7, 11) is 0. The second-order valence-electron chi connectivity index (χ2n) is 3.05. The number of Topliss-reactive ketones (excluding diaryl/α,β-unsaturated/α-hetero) is 1. The summed E-state index contributed by atoms with van der Waals surface area (Å²) in [5.41, 5.74) is 2.32. The Hall–Kier alpha value is -0.220. The van der Waals surface area contributed by atoms with E-state index in [1.54, 1.807) is 5.51 Å². The number of halogens is 1. The maximum Gasteiger partial charge on any atom is 0.183 e. The summed E-state index contributed by atoms with van der Waals surface area (Å²) in [6.45, 7) is 0. The zero-order valence-electron chi connectivity index (χ0n) is 6.42. The van der Waals surface area contributed by atoms with Gasteiger partial charge in [0.25, 0.3) is 0 Å². The lowest BCUT2D eigenvalue weighted by Gasteiger charge is -1.94. The van der Waals surface area contributed by atoms with Gasteiger partial charge in [-0.15, -0.1) is 11.3 Å². The van der Waals surface area contributed by atoms with E-state index >= 15 is 0 Å². The Morgan fingerprint density at radius 1 is 1.75 bits per heavy atom. The summed E-state index contributed by atoms with van der Waals surface area (Å²) in [5.74, 6) is 0.830. The molecule has 0 aliphatic heterocycles. The normalized spacial score (nSPS) is 16.4. The topological polar surface area (TPSA) is 30.0 Å². The van der Waals surface area contributed by atoms with E-state index in [-0.39, 0.29) is 5.78 Å². The first-order valence-electron chi connectivity index (χ1n) is 3.89. The van der Waals surface area contributed by atoms with Crippen molar-refractivity contribution in [1.29, 1.82) is 0 Å². The van der Waals surface area contributed by atoms with Crippen molar-refractivity contribution in [2.75, 3.05) is 0 Å². The van der Waals surface area contributed by atoms with Crippen LogP contribution in [0.5, 0.6) is 0 Å². The number of ketones is 1. The molecule has 2 nitrogen and oxygen atoms in total. The van der Waals surface area contributed by atoms with E-state index in [2.05, 4.69) is 20.9 Å². The van der Waals surface area contributed by atoms with Crippen molar-refractivity contribution in [2.24, 2.45) is 5.92 Å². The van der Waals surface area contributed by atoms with Crippen molar-refractivity contribution in [3.05, 3.63) is 15.0 Å². The molecule has 1 aliphatic carbocycles. The number of hydrogen-bond acceptors (Lipinski definition) is 3. The molecular formula is C8H8BrNOS. The fourth-order valence-electron chi connectivity index (χ4n) is 1.09.